The SMILES string of the molecule is COc1ccc(N2C[C@H](NC(=O)Nc3ccccc3Cl)CC2=O)cc1. The fraction of sp³-hybridized carbons (Fsp3) is 0.222. The zero-order valence-corrected chi connectivity index (χ0v) is 14.4. The van der Waals surface area contributed by atoms with Crippen LogP contribution < -0.4 is 20.3 Å². The van der Waals surface area contributed by atoms with E-state index in [1.54, 1.807) is 48.4 Å². The Balaban J connectivity index is 1.60. The molecule has 2 N–H and O–H groups in total. The van der Waals surface area contributed by atoms with E-state index < -0.39 is 0 Å². The number of halogens is 1. The number of carbonyl (C=O) groups is 2. The van der Waals surface area contributed by atoms with Gasteiger partial charge in [-0.05, 0) is 36.4 Å². The Hall–Kier alpha value is -2.73. The zero-order chi connectivity index (χ0) is 17.8. The minimum Gasteiger partial charge on any atom is -0.497 e. The minimum absolute atomic E-state index is 0.0341. The molecule has 2 aromatic rings. The van der Waals surface area contributed by atoms with E-state index in [1.165, 1.54) is 0 Å². The summed E-state index contributed by atoms with van der Waals surface area (Å²) < 4.78 is 5.12. The molecule has 1 fully saturated rings. The maximum absolute atomic E-state index is 12.2. The number of amides is 3. The lowest BCUT2D eigenvalue weighted by Crippen LogP contribution is -2.39. The second kappa shape index (κ2) is 7.44. The summed E-state index contributed by atoms with van der Waals surface area (Å²) in [5.41, 5.74) is 1.31. The lowest BCUT2D eigenvalue weighted by molar-refractivity contribution is -0.117. The van der Waals surface area contributed by atoms with E-state index in [-0.39, 0.29) is 24.4 Å². The van der Waals surface area contributed by atoms with Crippen molar-refractivity contribution in [2.45, 2.75) is 12.5 Å². The van der Waals surface area contributed by atoms with Gasteiger partial charge in [-0.25, -0.2) is 4.79 Å². The third kappa shape index (κ3) is 4.03. The number of nitrogens with one attached hydrogen (secondary N) is 2. The van der Waals surface area contributed by atoms with Crippen molar-refractivity contribution >= 4 is 34.9 Å². The number of anilines is 2. The molecular formula is C18H18ClN3O3. The van der Waals surface area contributed by atoms with E-state index >= 15 is 0 Å². The molecule has 25 heavy (non-hydrogen) atoms. The average Bonchev–Trinajstić information content (AvgIpc) is 2.97. The summed E-state index contributed by atoms with van der Waals surface area (Å²) >= 11 is 6.02. The van der Waals surface area contributed by atoms with Crippen LogP contribution in [0.5, 0.6) is 5.75 Å². The van der Waals surface area contributed by atoms with Gasteiger partial charge in [0, 0.05) is 18.7 Å². The number of nitrogens with zero attached hydrogens (tertiary/aromatic N) is 1. The number of carbonyl (C=O) groups excluding carboxylic acids is 2. The Labute approximate surface area is 150 Å². The summed E-state index contributed by atoms with van der Waals surface area (Å²) in [6.07, 6.45) is 0.252. The van der Waals surface area contributed by atoms with Crippen molar-refractivity contribution in [2.75, 3.05) is 23.9 Å². The van der Waals surface area contributed by atoms with Gasteiger partial charge in [-0.15, -0.1) is 0 Å². The Bertz CT molecular complexity index is 779. The molecule has 0 bridgehead atoms. The summed E-state index contributed by atoms with van der Waals surface area (Å²) in [4.78, 5) is 26.0. The Morgan fingerprint density at radius 2 is 1.92 bits per heavy atom. The smallest absolute Gasteiger partial charge is 0.319 e. The Morgan fingerprint density at radius 3 is 2.60 bits per heavy atom. The maximum atomic E-state index is 12.2. The van der Waals surface area contributed by atoms with Gasteiger partial charge in [0.05, 0.1) is 23.9 Å². The molecule has 3 rings (SSSR count). The molecule has 130 valence electrons. The predicted molar refractivity (Wildman–Crippen MR) is 97.4 cm³/mol. The number of hydrogen-bond acceptors (Lipinski definition) is 3. The third-order valence-corrected chi connectivity index (χ3v) is 4.30. The van der Waals surface area contributed by atoms with Crippen molar-refractivity contribution in [2.24, 2.45) is 0 Å². The highest BCUT2D eigenvalue weighted by molar-refractivity contribution is 6.33. The van der Waals surface area contributed by atoms with Crippen molar-refractivity contribution in [1.82, 2.24) is 5.32 Å². The average molecular weight is 360 g/mol. The molecule has 0 saturated carbocycles. The third-order valence-electron chi connectivity index (χ3n) is 3.97. The Morgan fingerprint density at radius 1 is 1.20 bits per heavy atom. The quantitative estimate of drug-likeness (QED) is 0.880. The van der Waals surface area contributed by atoms with Crippen molar-refractivity contribution in [3.8, 4) is 5.75 Å². The normalized spacial score (nSPS) is 16.6. The van der Waals surface area contributed by atoms with Gasteiger partial charge in [0.1, 0.15) is 5.75 Å². The van der Waals surface area contributed by atoms with Crippen molar-refractivity contribution in [3.05, 3.63) is 53.6 Å². The molecule has 7 heteroatoms. The van der Waals surface area contributed by atoms with Crippen LogP contribution in [0.3, 0.4) is 0 Å². The molecule has 2 aromatic carbocycles. The highest BCUT2D eigenvalue weighted by atomic mass is 35.5. The molecule has 0 aliphatic carbocycles. The van der Waals surface area contributed by atoms with Crippen LogP contribution in [0, 0.1) is 0 Å². The highest BCUT2D eigenvalue weighted by Gasteiger charge is 2.31. The second-order valence-electron chi connectivity index (χ2n) is 5.68. The lowest BCUT2D eigenvalue weighted by Gasteiger charge is -2.18. The first-order valence-corrected chi connectivity index (χ1v) is 8.21. The van der Waals surface area contributed by atoms with Gasteiger partial charge >= 0.3 is 6.03 Å². The number of rotatable bonds is 4. The number of hydrogen-bond donors (Lipinski definition) is 2. The lowest BCUT2D eigenvalue weighted by atomic mass is 10.2. The van der Waals surface area contributed by atoms with Crippen molar-refractivity contribution < 1.29 is 14.3 Å². The molecule has 1 aliphatic rings. The summed E-state index contributed by atoms with van der Waals surface area (Å²) in [6, 6.07) is 13.6. The van der Waals surface area contributed by atoms with Gasteiger partial charge < -0.3 is 20.3 Å². The van der Waals surface area contributed by atoms with Gasteiger partial charge in [0.25, 0.3) is 0 Å². The van der Waals surface area contributed by atoms with Crippen molar-refractivity contribution in [1.29, 1.82) is 0 Å². The van der Waals surface area contributed by atoms with Crippen LogP contribution in [0.1, 0.15) is 6.42 Å². The molecule has 6 nitrogen and oxygen atoms in total. The van der Waals surface area contributed by atoms with E-state index in [9.17, 15) is 9.59 Å². The number of ether oxygens (including phenoxy) is 1. The van der Waals surface area contributed by atoms with E-state index in [1.807, 2.05) is 12.1 Å². The van der Waals surface area contributed by atoms with Crippen LogP contribution in [-0.4, -0.2) is 31.6 Å². The van der Waals surface area contributed by atoms with Gasteiger partial charge in [-0.3, -0.25) is 4.79 Å². The highest BCUT2D eigenvalue weighted by Crippen LogP contribution is 2.24. The summed E-state index contributed by atoms with van der Waals surface area (Å²) in [7, 11) is 1.59. The number of para-hydroxylation sites is 1. The molecule has 1 aliphatic heterocycles. The molecule has 3 amide bonds. The maximum Gasteiger partial charge on any atom is 0.319 e. The van der Waals surface area contributed by atoms with Crippen LogP contribution in [-0.2, 0) is 4.79 Å². The fourth-order valence-corrected chi connectivity index (χ4v) is 2.91. The molecule has 1 saturated heterocycles. The van der Waals surface area contributed by atoms with Gasteiger partial charge in [0.15, 0.2) is 0 Å². The summed E-state index contributed by atoms with van der Waals surface area (Å²) in [6.45, 7) is 0.418. The monoisotopic (exact) mass is 359 g/mol. The van der Waals surface area contributed by atoms with E-state index in [4.69, 9.17) is 16.3 Å². The largest absolute Gasteiger partial charge is 0.497 e. The van der Waals surface area contributed by atoms with Gasteiger partial charge in [0.2, 0.25) is 5.91 Å². The van der Waals surface area contributed by atoms with Crippen LogP contribution in [0.4, 0.5) is 16.2 Å². The minimum atomic E-state index is -0.387. The molecular weight excluding hydrogens is 342 g/mol. The van der Waals surface area contributed by atoms with E-state index in [0.717, 1.165) is 11.4 Å². The van der Waals surface area contributed by atoms with Gasteiger partial charge in [-0.2, -0.15) is 0 Å². The van der Waals surface area contributed by atoms with Crippen LogP contribution in [0.15, 0.2) is 48.5 Å². The standard InChI is InChI=1S/C18H18ClN3O3/c1-25-14-8-6-13(7-9-14)22-11-12(10-17(22)23)20-18(24)21-16-5-3-2-4-15(16)19/h2-9,12H,10-11H2,1H3,(H2,20,21,24)/t12-/m1/s1. The summed E-state index contributed by atoms with van der Waals surface area (Å²) in [5.74, 6) is 0.692. The molecule has 0 unspecified atom stereocenters. The van der Waals surface area contributed by atoms with Crippen LogP contribution >= 0.6 is 11.6 Å². The first kappa shape index (κ1) is 17.1. The number of urea groups is 1. The fourth-order valence-electron chi connectivity index (χ4n) is 2.72. The molecule has 0 aromatic heterocycles. The van der Waals surface area contributed by atoms with Gasteiger partial charge in [-0.1, -0.05) is 23.7 Å². The predicted octanol–water partition coefficient (Wildman–Crippen LogP) is 3.28. The second-order valence-corrected chi connectivity index (χ2v) is 6.09. The van der Waals surface area contributed by atoms with Crippen molar-refractivity contribution in [3.63, 3.8) is 0 Å². The molecule has 1 atom stereocenters. The number of methoxy groups -OCH3 is 1. The first-order chi connectivity index (χ1) is 12.1. The Kier molecular flexibility index (Phi) is 5.09. The molecule has 1 heterocycles. The topological polar surface area (TPSA) is 70.7 Å². The molecule has 0 radical (unpaired) electrons. The first-order valence-electron chi connectivity index (χ1n) is 7.83. The summed E-state index contributed by atoms with van der Waals surface area (Å²) in [5, 5.41) is 5.96. The molecule has 0 spiro atoms. The van der Waals surface area contributed by atoms with E-state index in [2.05, 4.69) is 10.6 Å². The van der Waals surface area contributed by atoms with Crippen LogP contribution in [0.25, 0.3) is 0 Å². The zero-order valence-electron chi connectivity index (χ0n) is 13.7. The van der Waals surface area contributed by atoms with Crippen LogP contribution in [0.2, 0.25) is 5.02 Å². The van der Waals surface area contributed by atoms with E-state index in [0.29, 0.717) is 17.3 Å². The number of benzene rings is 2.